The molecule has 0 unspecified atom stereocenters. The summed E-state index contributed by atoms with van der Waals surface area (Å²) in [5.74, 6) is -1.29. The van der Waals surface area contributed by atoms with E-state index in [1.54, 1.807) is 36.4 Å². The number of aromatic nitrogens is 2. The number of nitrogens with one attached hydrogen (secondary N) is 3. The number of halogens is 2. The lowest BCUT2D eigenvalue weighted by Crippen LogP contribution is -2.34. The van der Waals surface area contributed by atoms with E-state index in [-0.39, 0.29) is 23.9 Å². The summed E-state index contributed by atoms with van der Waals surface area (Å²) in [6.07, 6.45) is 1.03. The third-order valence-corrected chi connectivity index (χ3v) is 4.12. The van der Waals surface area contributed by atoms with Crippen LogP contribution in [0.25, 0.3) is 0 Å². The number of carbonyl (C=O) groups is 1. The topological polar surface area (TPSA) is 131 Å². The van der Waals surface area contributed by atoms with Crippen molar-refractivity contribution in [2.24, 2.45) is 0 Å². The molecule has 3 N–H and O–H groups in total. The first-order chi connectivity index (χ1) is 14.4. The fourth-order valence-electron chi connectivity index (χ4n) is 2.28. The van der Waals surface area contributed by atoms with Gasteiger partial charge in [0, 0.05) is 4.47 Å². The van der Waals surface area contributed by atoms with Crippen molar-refractivity contribution >= 4 is 44.8 Å². The normalized spacial score (nSPS) is 10.2. The first-order valence-corrected chi connectivity index (χ1v) is 9.17. The number of rotatable bonds is 8. The summed E-state index contributed by atoms with van der Waals surface area (Å²) in [5.41, 5.74) is 4.02. The van der Waals surface area contributed by atoms with Crippen molar-refractivity contribution in [3.63, 3.8) is 0 Å². The number of hydrogen-bond donors (Lipinski definition) is 3. The number of ether oxygens (including phenoxy) is 1. The summed E-state index contributed by atoms with van der Waals surface area (Å²) in [6.45, 7) is -0.328. The zero-order valence-corrected chi connectivity index (χ0v) is 16.7. The second kappa shape index (κ2) is 9.60. The number of carbonyl (C=O) groups excluding carboxylic acids is 1. The average molecular weight is 477 g/mol. The van der Waals surface area contributed by atoms with E-state index in [1.807, 2.05) is 0 Å². The Morgan fingerprint density at radius 1 is 1.17 bits per heavy atom. The van der Waals surface area contributed by atoms with E-state index in [2.05, 4.69) is 42.1 Å². The molecule has 0 aliphatic carbocycles. The summed E-state index contributed by atoms with van der Waals surface area (Å²) in [4.78, 5) is 30.3. The molecule has 3 aromatic rings. The van der Waals surface area contributed by atoms with Crippen LogP contribution < -0.4 is 20.9 Å². The summed E-state index contributed by atoms with van der Waals surface area (Å²) in [7, 11) is 0. The lowest BCUT2D eigenvalue weighted by atomic mass is 10.3. The van der Waals surface area contributed by atoms with E-state index in [1.165, 1.54) is 12.1 Å². The standard InChI is InChI=1S/C18H14BrFN6O4/c19-11-6-7-14(13(20)8-11)23-17-16(26(28)29)18(22-10-21-17)25-24-15(27)9-30-12-4-2-1-3-5-12/h1-8,10H,9H2,(H,24,27)(H2,21,22,23,25). The highest BCUT2D eigenvalue weighted by molar-refractivity contribution is 9.10. The fraction of sp³-hybridized carbons (Fsp3) is 0.0556. The molecule has 0 spiro atoms. The number of benzene rings is 2. The van der Waals surface area contributed by atoms with Gasteiger partial charge >= 0.3 is 5.69 Å². The molecule has 0 saturated carbocycles. The summed E-state index contributed by atoms with van der Waals surface area (Å²) >= 11 is 3.13. The van der Waals surface area contributed by atoms with E-state index in [0.717, 1.165) is 6.33 Å². The maximum Gasteiger partial charge on any atom is 0.355 e. The molecule has 1 amide bonds. The van der Waals surface area contributed by atoms with Crippen LogP contribution in [0.4, 0.5) is 27.4 Å². The van der Waals surface area contributed by atoms with Crippen LogP contribution in [-0.2, 0) is 4.79 Å². The fourth-order valence-corrected chi connectivity index (χ4v) is 2.62. The van der Waals surface area contributed by atoms with Crippen LogP contribution in [0, 0.1) is 15.9 Å². The van der Waals surface area contributed by atoms with Crippen molar-refractivity contribution in [2.75, 3.05) is 17.3 Å². The molecule has 0 aliphatic heterocycles. The zero-order chi connectivity index (χ0) is 21.5. The van der Waals surface area contributed by atoms with Crippen LogP contribution in [0.2, 0.25) is 0 Å². The first kappa shape index (κ1) is 20.9. The molecule has 3 rings (SSSR count). The number of para-hydroxylation sites is 1. The Kier molecular flexibility index (Phi) is 6.70. The Morgan fingerprint density at radius 3 is 2.60 bits per heavy atom. The van der Waals surface area contributed by atoms with Gasteiger partial charge in [-0.2, -0.15) is 0 Å². The largest absolute Gasteiger partial charge is 0.484 e. The van der Waals surface area contributed by atoms with Gasteiger partial charge in [-0.1, -0.05) is 34.1 Å². The van der Waals surface area contributed by atoms with E-state index < -0.39 is 22.3 Å². The minimum absolute atomic E-state index is 0.0220. The molecule has 0 saturated heterocycles. The average Bonchev–Trinajstić information content (AvgIpc) is 2.73. The monoisotopic (exact) mass is 476 g/mol. The van der Waals surface area contributed by atoms with Crippen molar-refractivity contribution in [1.29, 1.82) is 0 Å². The van der Waals surface area contributed by atoms with Gasteiger partial charge in [0.2, 0.25) is 11.6 Å². The van der Waals surface area contributed by atoms with Gasteiger partial charge in [-0.3, -0.25) is 25.8 Å². The van der Waals surface area contributed by atoms with E-state index in [0.29, 0.717) is 10.2 Å². The van der Waals surface area contributed by atoms with Gasteiger partial charge < -0.3 is 10.1 Å². The molecule has 0 bridgehead atoms. The van der Waals surface area contributed by atoms with Crippen molar-refractivity contribution < 1.29 is 18.8 Å². The third-order valence-electron chi connectivity index (χ3n) is 3.62. The van der Waals surface area contributed by atoms with Gasteiger partial charge in [0.15, 0.2) is 6.61 Å². The molecular weight excluding hydrogens is 463 g/mol. The molecule has 2 aromatic carbocycles. The van der Waals surface area contributed by atoms with Crippen LogP contribution >= 0.6 is 15.9 Å². The molecule has 10 nitrogen and oxygen atoms in total. The molecule has 1 aromatic heterocycles. The van der Waals surface area contributed by atoms with Crippen molar-refractivity contribution in [1.82, 2.24) is 15.4 Å². The number of anilines is 3. The van der Waals surface area contributed by atoms with Gasteiger partial charge in [-0.15, -0.1) is 0 Å². The second-order valence-electron chi connectivity index (χ2n) is 5.70. The number of nitro groups is 1. The predicted molar refractivity (Wildman–Crippen MR) is 110 cm³/mol. The van der Waals surface area contributed by atoms with Gasteiger partial charge in [-0.05, 0) is 30.3 Å². The molecule has 154 valence electrons. The van der Waals surface area contributed by atoms with Crippen molar-refractivity contribution in [3.8, 4) is 5.75 Å². The lowest BCUT2D eigenvalue weighted by molar-refractivity contribution is -0.383. The SMILES string of the molecule is O=C(COc1ccccc1)NNc1ncnc(Nc2ccc(Br)cc2F)c1[N+](=O)[O-]. The maximum atomic E-state index is 14.1. The predicted octanol–water partition coefficient (Wildman–Crippen LogP) is 3.55. The van der Waals surface area contributed by atoms with Gasteiger partial charge in [0.25, 0.3) is 5.91 Å². The number of hydrogen-bond acceptors (Lipinski definition) is 8. The second-order valence-corrected chi connectivity index (χ2v) is 6.62. The van der Waals surface area contributed by atoms with Crippen molar-refractivity contribution in [3.05, 3.63) is 75.3 Å². The van der Waals surface area contributed by atoms with Crippen LogP contribution in [0.1, 0.15) is 0 Å². The van der Waals surface area contributed by atoms with Crippen LogP contribution in [0.15, 0.2) is 59.3 Å². The Labute approximate surface area is 177 Å². The molecule has 0 aliphatic rings. The molecule has 1 heterocycles. The Balaban J connectivity index is 1.71. The highest BCUT2D eigenvalue weighted by atomic mass is 79.9. The molecule has 0 radical (unpaired) electrons. The summed E-state index contributed by atoms with van der Waals surface area (Å²) in [6, 6.07) is 12.8. The molecular formula is C18H14BrFN6O4. The molecule has 12 heteroatoms. The van der Waals surface area contributed by atoms with Crippen LogP contribution in [-0.4, -0.2) is 27.4 Å². The zero-order valence-electron chi connectivity index (χ0n) is 15.1. The Hall–Kier alpha value is -3.80. The lowest BCUT2D eigenvalue weighted by Gasteiger charge is -2.12. The third kappa shape index (κ3) is 5.38. The number of amides is 1. The van der Waals surface area contributed by atoms with Crippen LogP contribution in [0.5, 0.6) is 5.75 Å². The van der Waals surface area contributed by atoms with Crippen molar-refractivity contribution in [2.45, 2.75) is 0 Å². The highest BCUT2D eigenvalue weighted by Crippen LogP contribution is 2.32. The Bertz CT molecular complexity index is 1070. The smallest absolute Gasteiger partial charge is 0.355 e. The molecule has 0 atom stereocenters. The first-order valence-electron chi connectivity index (χ1n) is 8.38. The highest BCUT2D eigenvalue weighted by Gasteiger charge is 2.24. The minimum Gasteiger partial charge on any atom is -0.484 e. The van der Waals surface area contributed by atoms with E-state index >= 15 is 0 Å². The quantitative estimate of drug-likeness (QED) is 0.332. The van der Waals surface area contributed by atoms with Crippen LogP contribution in [0.3, 0.4) is 0 Å². The number of nitrogens with zero attached hydrogens (tertiary/aromatic N) is 3. The van der Waals surface area contributed by atoms with Gasteiger partial charge in [0.05, 0.1) is 10.6 Å². The minimum atomic E-state index is -0.756. The van der Waals surface area contributed by atoms with E-state index in [9.17, 15) is 19.3 Å². The maximum absolute atomic E-state index is 14.1. The van der Waals surface area contributed by atoms with E-state index in [4.69, 9.17) is 4.74 Å². The van der Waals surface area contributed by atoms with Gasteiger partial charge in [0.1, 0.15) is 17.9 Å². The molecule has 0 fully saturated rings. The summed E-state index contributed by atoms with van der Waals surface area (Å²) in [5, 5.41) is 14.1. The summed E-state index contributed by atoms with van der Waals surface area (Å²) < 4.78 is 19.8. The van der Waals surface area contributed by atoms with Gasteiger partial charge in [-0.25, -0.2) is 14.4 Å². The molecule has 30 heavy (non-hydrogen) atoms. The number of hydrazine groups is 1. The Morgan fingerprint density at radius 2 is 1.90 bits per heavy atom.